The second kappa shape index (κ2) is 5.97. The summed E-state index contributed by atoms with van der Waals surface area (Å²) in [5.41, 5.74) is 0.229. The molecule has 0 spiro atoms. The predicted octanol–water partition coefficient (Wildman–Crippen LogP) is 2.31. The summed E-state index contributed by atoms with van der Waals surface area (Å²) in [5, 5.41) is 10.2. The largest absolute Gasteiger partial charge is 0.444 e. The molecular weight excluding hydrogens is 275 g/mol. The Balaban J connectivity index is 1.99. The number of rotatable bonds is 1. The van der Waals surface area contributed by atoms with Gasteiger partial charge in [-0.3, -0.25) is 0 Å². The number of amides is 1. The van der Waals surface area contributed by atoms with Gasteiger partial charge in [-0.25, -0.2) is 9.78 Å². The van der Waals surface area contributed by atoms with Crippen molar-refractivity contribution in [2.75, 3.05) is 13.1 Å². The summed E-state index contributed by atoms with van der Waals surface area (Å²) in [6.45, 7) is 6.11. The number of carbonyl (C=O) groups is 1. The summed E-state index contributed by atoms with van der Waals surface area (Å²) >= 11 is 0. The fourth-order valence-corrected chi connectivity index (χ4v) is 2.42. The van der Waals surface area contributed by atoms with Crippen LogP contribution >= 0.6 is 0 Å². The highest BCUT2D eigenvalue weighted by atomic mass is 19.1. The van der Waals surface area contributed by atoms with E-state index < -0.39 is 23.7 Å². The van der Waals surface area contributed by atoms with E-state index in [0.29, 0.717) is 13.0 Å². The number of aliphatic hydroxyl groups is 1. The minimum Gasteiger partial charge on any atom is -0.444 e. The second-order valence-corrected chi connectivity index (χ2v) is 6.30. The first kappa shape index (κ1) is 15.7. The zero-order valence-corrected chi connectivity index (χ0v) is 12.5. The third-order valence-corrected chi connectivity index (χ3v) is 3.41. The lowest BCUT2D eigenvalue weighted by Crippen LogP contribution is -2.47. The Hall–Kier alpha value is -1.69. The number of aliphatic hydroxyl groups excluding tert-OH is 1. The van der Waals surface area contributed by atoms with Crippen molar-refractivity contribution in [3.63, 3.8) is 0 Å². The van der Waals surface area contributed by atoms with E-state index in [-0.39, 0.29) is 12.5 Å². The van der Waals surface area contributed by atoms with Crippen LogP contribution in [0.15, 0.2) is 18.3 Å². The summed E-state index contributed by atoms with van der Waals surface area (Å²) in [5.74, 6) is -0.684. The molecule has 1 aliphatic heterocycles. The molecule has 1 saturated heterocycles. The molecule has 1 amide bonds. The standard InChI is InChI=1S/C15H21FN2O3/c1-15(2,3)21-14(20)18-7-6-11(12(19)9-18)10-4-5-13(16)17-8-10/h4-5,8,11-12,19H,6-7,9H2,1-3H3/t11-,12+/m1/s1. The van der Waals surface area contributed by atoms with E-state index in [1.165, 1.54) is 17.2 Å². The van der Waals surface area contributed by atoms with Gasteiger partial charge < -0.3 is 14.7 Å². The Morgan fingerprint density at radius 1 is 1.48 bits per heavy atom. The van der Waals surface area contributed by atoms with E-state index >= 15 is 0 Å². The Morgan fingerprint density at radius 2 is 2.19 bits per heavy atom. The molecule has 116 valence electrons. The van der Waals surface area contributed by atoms with Gasteiger partial charge in [0.15, 0.2) is 0 Å². The van der Waals surface area contributed by atoms with Gasteiger partial charge in [-0.05, 0) is 38.8 Å². The molecule has 2 atom stereocenters. The Morgan fingerprint density at radius 3 is 2.71 bits per heavy atom. The number of aromatic nitrogens is 1. The van der Waals surface area contributed by atoms with Gasteiger partial charge in [-0.1, -0.05) is 6.07 Å². The van der Waals surface area contributed by atoms with Gasteiger partial charge in [0.25, 0.3) is 0 Å². The highest BCUT2D eigenvalue weighted by Crippen LogP contribution is 2.28. The van der Waals surface area contributed by atoms with Gasteiger partial charge in [0.05, 0.1) is 12.6 Å². The molecule has 0 radical (unpaired) electrons. The van der Waals surface area contributed by atoms with Crippen molar-refractivity contribution in [3.8, 4) is 0 Å². The summed E-state index contributed by atoms with van der Waals surface area (Å²) in [4.78, 5) is 17.1. The van der Waals surface area contributed by atoms with Crippen LogP contribution in [0.4, 0.5) is 9.18 Å². The third kappa shape index (κ3) is 4.14. The van der Waals surface area contributed by atoms with Crippen LogP contribution in [0, 0.1) is 5.95 Å². The summed E-state index contributed by atoms with van der Waals surface area (Å²) in [7, 11) is 0. The maximum absolute atomic E-state index is 12.8. The van der Waals surface area contributed by atoms with Crippen molar-refractivity contribution in [2.45, 2.75) is 44.8 Å². The van der Waals surface area contributed by atoms with E-state index in [0.717, 1.165) is 5.56 Å². The zero-order valence-electron chi connectivity index (χ0n) is 12.5. The van der Waals surface area contributed by atoms with Gasteiger partial charge in [0.1, 0.15) is 5.60 Å². The number of nitrogens with zero attached hydrogens (tertiary/aromatic N) is 2. The third-order valence-electron chi connectivity index (χ3n) is 3.41. The van der Waals surface area contributed by atoms with Crippen molar-refractivity contribution in [1.29, 1.82) is 0 Å². The molecular formula is C15H21FN2O3. The van der Waals surface area contributed by atoms with E-state index in [9.17, 15) is 14.3 Å². The Labute approximate surface area is 123 Å². The van der Waals surface area contributed by atoms with Crippen molar-refractivity contribution in [1.82, 2.24) is 9.88 Å². The van der Waals surface area contributed by atoms with Crippen LogP contribution < -0.4 is 0 Å². The average Bonchev–Trinajstić information content (AvgIpc) is 2.38. The molecule has 1 aromatic heterocycles. The van der Waals surface area contributed by atoms with E-state index in [1.807, 2.05) is 0 Å². The van der Waals surface area contributed by atoms with Gasteiger partial charge >= 0.3 is 6.09 Å². The number of pyridine rings is 1. The molecule has 2 rings (SSSR count). The Bertz CT molecular complexity index is 499. The molecule has 0 aliphatic carbocycles. The van der Waals surface area contributed by atoms with Crippen molar-refractivity contribution in [2.24, 2.45) is 0 Å². The first-order valence-corrected chi connectivity index (χ1v) is 7.04. The highest BCUT2D eigenvalue weighted by Gasteiger charge is 2.33. The maximum Gasteiger partial charge on any atom is 0.410 e. The maximum atomic E-state index is 12.8. The number of piperidine rings is 1. The number of hydrogen-bond acceptors (Lipinski definition) is 4. The minimum atomic E-state index is -0.710. The molecule has 1 aliphatic rings. The van der Waals surface area contributed by atoms with Crippen LogP contribution in [-0.2, 0) is 4.74 Å². The number of carbonyl (C=O) groups excluding carboxylic acids is 1. The number of ether oxygens (including phenoxy) is 1. The van der Waals surface area contributed by atoms with Crippen LogP contribution in [0.3, 0.4) is 0 Å². The molecule has 1 N–H and O–H groups in total. The minimum absolute atomic E-state index is 0.142. The molecule has 2 heterocycles. The van der Waals surface area contributed by atoms with Crippen LogP contribution in [0.2, 0.25) is 0 Å². The monoisotopic (exact) mass is 296 g/mol. The lowest BCUT2D eigenvalue weighted by atomic mass is 9.88. The zero-order chi connectivity index (χ0) is 15.6. The summed E-state index contributed by atoms with van der Waals surface area (Å²) in [6.07, 6.45) is 0.899. The van der Waals surface area contributed by atoms with Gasteiger partial charge in [-0.2, -0.15) is 4.39 Å². The molecule has 5 nitrogen and oxygen atoms in total. The topological polar surface area (TPSA) is 62.7 Å². The molecule has 0 unspecified atom stereocenters. The highest BCUT2D eigenvalue weighted by molar-refractivity contribution is 5.68. The first-order valence-electron chi connectivity index (χ1n) is 7.04. The summed E-state index contributed by atoms with van der Waals surface area (Å²) in [6, 6.07) is 2.90. The molecule has 0 bridgehead atoms. The van der Waals surface area contributed by atoms with E-state index in [1.54, 1.807) is 26.8 Å². The quantitative estimate of drug-likeness (QED) is 0.808. The fourth-order valence-electron chi connectivity index (χ4n) is 2.42. The lowest BCUT2D eigenvalue weighted by Gasteiger charge is -2.36. The molecule has 21 heavy (non-hydrogen) atoms. The van der Waals surface area contributed by atoms with Gasteiger partial charge in [0.2, 0.25) is 5.95 Å². The predicted molar refractivity (Wildman–Crippen MR) is 75.4 cm³/mol. The van der Waals surface area contributed by atoms with Crippen molar-refractivity contribution in [3.05, 3.63) is 29.8 Å². The fraction of sp³-hybridized carbons (Fsp3) is 0.600. The van der Waals surface area contributed by atoms with Crippen molar-refractivity contribution < 1.29 is 19.0 Å². The van der Waals surface area contributed by atoms with Crippen molar-refractivity contribution >= 4 is 6.09 Å². The van der Waals surface area contributed by atoms with Crippen LogP contribution in [0.5, 0.6) is 0 Å². The molecule has 0 saturated carbocycles. The Kier molecular flexibility index (Phi) is 4.46. The second-order valence-electron chi connectivity index (χ2n) is 6.30. The number of likely N-dealkylation sites (tertiary alicyclic amines) is 1. The summed E-state index contributed by atoms with van der Waals surface area (Å²) < 4.78 is 18.1. The molecule has 1 aromatic rings. The van der Waals surface area contributed by atoms with Crippen LogP contribution in [0.25, 0.3) is 0 Å². The first-order chi connectivity index (χ1) is 9.76. The molecule has 1 fully saturated rings. The van der Waals surface area contributed by atoms with E-state index in [2.05, 4.69) is 4.98 Å². The van der Waals surface area contributed by atoms with Crippen LogP contribution in [0.1, 0.15) is 38.7 Å². The smallest absolute Gasteiger partial charge is 0.410 e. The lowest BCUT2D eigenvalue weighted by molar-refractivity contribution is -0.00155. The normalized spacial score (nSPS) is 23.0. The molecule has 0 aromatic carbocycles. The molecule has 6 heteroatoms. The van der Waals surface area contributed by atoms with E-state index in [4.69, 9.17) is 4.74 Å². The average molecular weight is 296 g/mol. The number of β-amino-alcohol motifs (C(OH)–C–C–N with tert-alkyl or cyclic N) is 1. The SMILES string of the molecule is CC(C)(C)OC(=O)N1CC[C@H](c2ccc(F)nc2)[C@@H](O)C1. The van der Waals surface area contributed by atoms with Gasteiger partial charge in [0, 0.05) is 18.7 Å². The van der Waals surface area contributed by atoms with Crippen LogP contribution in [-0.4, -0.2) is 45.9 Å². The number of halogens is 1. The van der Waals surface area contributed by atoms with Gasteiger partial charge in [-0.15, -0.1) is 0 Å². The number of hydrogen-bond donors (Lipinski definition) is 1.